The van der Waals surface area contributed by atoms with Crippen molar-refractivity contribution in [3.63, 3.8) is 0 Å². The highest BCUT2D eigenvalue weighted by Gasteiger charge is 2.12. The van der Waals surface area contributed by atoms with Gasteiger partial charge in [-0.15, -0.1) is 0 Å². The molecule has 188 valence electrons. The Bertz CT molecular complexity index is 1360. The lowest BCUT2D eigenvalue weighted by atomic mass is 10.0. The molecule has 0 bridgehead atoms. The number of carbonyl (C=O) groups is 3. The standard InChI is InChI=1S/C30H26O7/c1-19(2)29(32)35-24-13-11-23(12-14-24)22-9-6-21(7-10-22)8-17-28(31)37-26-16-15-25(18-27(26)34-5)36-30(33)20(3)4/h6-18H,1,3H2,2,4-5H3/b17-8+. The topological polar surface area (TPSA) is 88.1 Å². The fraction of sp³-hybridized carbons (Fsp3) is 0.100. The number of benzene rings is 3. The van der Waals surface area contributed by atoms with E-state index in [2.05, 4.69) is 13.2 Å². The fourth-order valence-electron chi connectivity index (χ4n) is 2.99. The molecule has 0 atom stereocenters. The highest BCUT2D eigenvalue weighted by molar-refractivity contribution is 5.90. The molecule has 3 aromatic carbocycles. The van der Waals surface area contributed by atoms with Crippen LogP contribution in [0.15, 0.2) is 97.1 Å². The molecule has 0 fully saturated rings. The zero-order valence-electron chi connectivity index (χ0n) is 20.8. The van der Waals surface area contributed by atoms with Crippen LogP contribution in [0.25, 0.3) is 17.2 Å². The van der Waals surface area contributed by atoms with Crippen LogP contribution in [0.4, 0.5) is 0 Å². The van der Waals surface area contributed by atoms with E-state index in [4.69, 9.17) is 18.9 Å². The SMILES string of the molecule is C=C(C)C(=O)Oc1ccc(-c2ccc(/C=C/C(=O)Oc3ccc(OC(=O)C(=C)C)cc3OC)cc2)cc1. The lowest BCUT2D eigenvalue weighted by molar-refractivity contribution is -0.131. The third kappa shape index (κ3) is 7.53. The first-order chi connectivity index (χ1) is 17.7. The Kier molecular flexibility index (Phi) is 8.78. The number of hydrogen-bond donors (Lipinski definition) is 0. The van der Waals surface area contributed by atoms with E-state index in [0.29, 0.717) is 11.3 Å². The maximum absolute atomic E-state index is 12.3. The van der Waals surface area contributed by atoms with Crippen LogP contribution < -0.4 is 18.9 Å². The van der Waals surface area contributed by atoms with Crippen molar-refractivity contribution >= 4 is 24.0 Å². The van der Waals surface area contributed by atoms with E-state index < -0.39 is 17.9 Å². The molecule has 0 saturated carbocycles. The van der Waals surface area contributed by atoms with Crippen molar-refractivity contribution in [2.24, 2.45) is 0 Å². The zero-order valence-corrected chi connectivity index (χ0v) is 20.8. The maximum atomic E-state index is 12.3. The second-order valence-corrected chi connectivity index (χ2v) is 8.05. The van der Waals surface area contributed by atoms with Crippen molar-refractivity contribution in [3.8, 4) is 34.1 Å². The highest BCUT2D eigenvalue weighted by atomic mass is 16.6. The molecular weight excluding hydrogens is 472 g/mol. The summed E-state index contributed by atoms with van der Waals surface area (Å²) in [6, 6.07) is 19.1. The minimum atomic E-state index is -0.603. The third-order valence-electron chi connectivity index (χ3n) is 4.97. The van der Waals surface area contributed by atoms with Crippen LogP contribution in [0.1, 0.15) is 19.4 Å². The summed E-state index contributed by atoms with van der Waals surface area (Å²) in [7, 11) is 1.41. The molecule has 0 amide bonds. The second kappa shape index (κ2) is 12.2. The Hall–Kier alpha value is -4.91. The van der Waals surface area contributed by atoms with Crippen molar-refractivity contribution < 1.29 is 33.3 Å². The van der Waals surface area contributed by atoms with Crippen molar-refractivity contribution in [2.45, 2.75) is 13.8 Å². The number of hydrogen-bond acceptors (Lipinski definition) is 7. The van der Waals surface area contributed by atoms with Gasteiger partial charge in [0.05, 0.1) is 7.11 Å². The maximum Gasteiger partial charge on any atom is 0.338 e. The highest BCUT2D eigenvalue weighted by Crippen LogP contribution is 2.32. The first-order valence-corrected chi connectivity index (χ1v) is 11.2. The van der Waals surface area contributed by atoms with E-state index in [1.165, 1.54) is 31.4 Å². The third-order valence-corrected chi connectivity index (χ3v) is 4.97. The molecule has 0 aliphatic heterocycles. The Morgan fingerprint density at radius 3 is 1.73 bits per heavy atom. The van der Waals surface area contributed by atoms with E-state index in [1.807, 2.05) is 36.4 Å². The van der Waals surface area contributed by atoms with Gasteiger partial charge in [0.25, 0.3) is 0 Å². The molecule has 7 nitrogen and oxygen atoms in total. The Morgan fingerprint density at radius 2 is 1.19 bits per heavy atom. The number of ether oxygens (including phenoxy) is 4. The van der Waals surface area contributed by atoms with Gasteiger partial charge in [0, 0.05) is 23.3 Å². The fourth-order valence-corrected chi connectivity index (χ4v) is 2.99. The monoisotopic (exact) mass is 498 g/mol. The number of esters is 3. The lowest BCUT2D eigenvalue weighted by Crippen LogP contribution is -2.09. The van der Waals surface area contributed by atoms with Gasteiger partial charge in [-0.2, -0.15) is 0 Å². The molecule has 37 heavy (non-hydrogen) atoms. The molecule has 3 aromatic rings. The minimum absolute atomic E-state index is 0.181. The van der Waals surface area contributed by atoms with Crippen LogP contribution in [0.3, 0.4) is 0 Å². The molecule has 0 N–H and O–H groups in total. The number of carbonyl (C=O) groups excluding carboxylic acids is 3. The molecule has 0 saturated heterocycles. The molecule has 0 radical (unpaired) electrons. The van der Waals surface area contributed by atoms with Gasteiger partial charge in [-0.25, -0.2) is 14.4 Å². The lowest BCUT2D eigenvalue weighted by Gasteiger charge is -2.10. The smallest absolute Gasteiger partial charge is 0.338 e. The average molecular weight is 499 g/mol. The Balaban J connectivity index is 1.62. The predicted octanol–water partition coefficient (Wildman–Crippen LogP) is 5.94. The first-order valence-electron chi connectivity index (χ1n) is 11.2. The van der Waals surface area contributed by atoms with Crippen molar-refractivity contribution in [2.75, 3.05) is 7.11 Å². The van der Waals surface area contributed by atoms with E-state index in [1.54, 1.807) is 32.1 Å². The van der Waals surface area contributed by atoms with Gasteiger partial charge in [-0.05, 0) is 60.9 Å². The largest absolute Gasteiger partial charge is 0.493 e. The van der Waals surface area contributed by atoms with Gasteiger partial charge in [-0.1, -0.05) is 49.6 Å². The van der Waals surface area contributed by atoms with E-state index in [0.717, 1.165) is 16.7 Å². The summed E-state index contributed by atoms with van der Waals surface area (Å²) in [6.45, 7) is 10.2. The van der Waals surface area contributed by atoms with Gasteiger partial charge in [0.1, 0.15) is 11.5 Å². The zero-order chi connectivity index (χ0) is 26.9. The molecule has 0 unspecified atom stereocenters. The summed E-state index contributed by atoms with van der Waals surface area (Å²) in [5, 5.41) is 0. The molecule has 0 aliphatic rings. The van der Waals surface area contributed by atoms with Crippen molar-refractivity contribution in [1.82, 2.24) is 0 Å². The Morgan fingerprint density at radius 1 is 0.676 bits per heavy atom. The summed E-state index contributed by atoms with van der Waals surface area (Å²) in [5.74, 6) is -0.548. The van der Waals surface area contributed by atoms with Gasteiger partial charge in [0.2, 0.25) is 0 Å². The van der Waals surface area contributed by atoms with Crippen molar-refractivity contribution in [3.05, 3.63) is 103 Å². The van der Waals surface area contributed by atoms with Gasteiger partial charge >= 0.3 is 17.9 Å². The van der Waals surface area contributed by atoms with E-state index in [9.17, 15) is 14.4 Å². The van der Waals surface area contributed by atoms with Gasteiger partial charge < -0.3 is 18.9 Å². The van der Waals surface area contributed by atoms with E-state index in [-0.39, 0.29) is 22.8 Å². The second-order valence-electron chi connectivity index (χ2n) is 8.05. The van der Waals surface area contributed by atoms with Crippen LogP contribution in [-0.2, 0) is 14.4 Å². The normalized spacial score (nSPS) is 10.5. The van der Waals surface area contributed by atoms with Crippen LogP contribution in [0.2, 0.25) is 0 Å². The molecule has 0 aliphatic carbocycles. The van der Waals surface area contributed by atoms with Crippen LogP contribution in [-0.4, -0.2) is 25.0 Å². The molecule has 0 aromatic heterocycles. The minimum Gasteiger partial charge on any atom is -0.493 e. The summed E-state index contributed by atoms with van der Waals surface area (Å²) in [6.07, 6.45) is 2.93. The van der Waals surface area contributed by atoms with Gasteiger partial charge in [-0.3, -0.25) is 0 Å². The quantitative estimate of drug-likeness (QED) is 0.205. The molecule has 0 spiro atoms. The average Bonchev–Trinajstić information content (AvgIpc) is 2.89. The summed E-state index contributed by atoms with van der Waals surface area (Å²) in [4.78, 5) is 35.7. The van der Waals surface area contributed by atoms with Crippen LogP contribution in [0.5, 0.6) is 23.0 Å². The summed E-state index contributed by atoms with van der Waals surface area (Å²) >= 11 is 0. The number of methoxy groups -OCH3 is 1. The molecule has 3 rings (SSSR count). The number of rotatable bonds is 9. The van der Waals surface area contributed by atoms with Crippen LogP contribution in [0, 0.1) is 0 Å². The molecule has 0 heterocycles. The van der Waals surface area contributed by atoms with Gasteiger partial charge in [0.15, 0.2) is 11.5 Å². The molecular formula is C30H26O7. The summed E-state index contributed by atoms with van der Waals surface area (Å²) < 4.78 is 21.0. The predicted molar refractivity (Wildman–Crippen MR) is 140 cm³/mol. The van der Waals surface area contributed by atoms with E-state index >= 15 is 0 Å². The first kappa shape index (κ1) is 26.7. The molecule has 7 heteroatoms. The summed E-state index contributed by atoms with van der Waals surface area (Å²) in [5.41, 5.74) is 3.27. The van der Waals surface area contributed by atoms with Crippen LogP contribution >= 0.6 is 0 Å². The Labute approximate surface area is 215 Å². The van der Waals surface area contributed by atoms with Crippen molar-refractivity contribution in [1.29, 1.82) is 0 Å².